The smallest absolute Gasteiger partial charge is 0.381 e. The third kappa shape index (κ3) is 2.67. The molecule has 2 heterocycles. The second-order valence-corrected chi connectivity index (χ2v) is 6.53. The third-order valence-corrected chi connectivity index (χ3v) is 5.07. The van der Waals surface area contributed by atoms with Crippen LogP contribution in [0.3, 0.4) is 0 Å². The van der Waals surface area contributed by atoms with Crippen LogP contribution in [0.25, 0.3) is 11.1 Å². The fraction of sp³-hybridized carbons (Fsp3) is 0.368. The fourth-order valence-electron chi connectivity index (χ4n) is 3.97. The molecule has 1 saturated heterocycles. The van der Waals surface area contributed by atoms with E-state index in [0.29, 0.717) is 17.5 Å². The summed E-state index contributed by atoms with van der Waals surface area (Å²) in [5, 5.41) is 6.98. The van der Waals surface area contributed by atoms with Crippen molar-refractivity contribution in [1.29, 1.82) is 0 Å². The van der Waals surface area contributed by atoms with E-state index in [4.69, 9.17) is 0 Å². The van der Waals surface area contributed by atoms with Crippen molar-refractivity contribution in [3.63, 3.8) is 0 Å². The van der Waals surface area contributed by atoms with Gasteiger partial charge in [-0.1, -0.05) is 24.3 Å². The van der Waals surface area contributed by atoms with Crippen LogP contribution in [0, 0.1) is 0 Å². The molecule has 0 unspecified atom stereocenters. The van der Waals surface area contributed by atoms with E-state index in [1.807, 2.05) is 18.2 Å². The van der Waals surface area contributed by atoms with Gasteiger partial charge in [0.15, 0.2) is 0 Å². The largest absolute Gasteiger partial charge is 0.416 e. The SMILES string of the molecule is FC(F)(F)c1cccc(-c2cccc3c2[C@H]2CCNCC[C@@H]2N3)c1. The molecule has 0 amide bonds. The molecular formula is C19H19F3N2. The Bertz CT molecular complexity index is 755. The fourth-order valence-corrected chi connectivity index (χ4v) is 3.97. The lowest BCUT2D eigenvalue weighted by molar-refractivity contribution is -0.137. The standard InChI is InChI=1S/C19H19F3N2/c20-19(21,22)13-4-1-3-12(11-13)14-5-2-6-17-18(14)15-7-9-23-10-8-16(15)24-17/h1-6,11,15-16,23-24H,7-10H2/t15-,16-/m0/s1. The summed E-state index contributed by atoms with van der Waals surface area (Å²) in [4.78, 5) is 0. The average molecular weight is 332 g/mol. The highest BCUT2D eigenvalue weighted by atomic mass is 19.4. The molecule has 2 aliphatic rings. The van der Waals surface area contributed by atoms with Crippen LogP contribution in [-0.2, 0) is 6.18 Å². The molecule has 2 atom stereocenters. The molecular weight excluding hydrogens is 313 g/mol. The van der Waals surface area contributed by atoms with Gasteiger partial charge in [0.2, 0.25) is 0 Å². The predicted molar refractivity (Wildman–Crippen MR) is 89.1 cm³/mol. The van der Waals surface area contributed by atoms with Crippen LogP contribution in [0.5, 0.6) is 0 Å². The summed E-state index contributed by atoms with van der Waals surface area (Å²) in [6, 6.07) is 11.9. The molecule has 4 rings (SSSR count). The second kappa shape index (κ2) is 5.81. The lowest BCUT2D eigenvalue weighted by Gasteiger charge is -2.18. The zero-order valence-electron chi connectivity index (χ0n) is 13.2. The summed E-state index contributed by atoms with van der Waals surface area (Å²) in [5.74, 6) is 0.348. The first-order chi connectivity index (χ1) is 11.5. The molecule has 1 fully saturated rings. The first-order valence-electron chi connectivity index (χ1n) is 8.32. The van der Waals surface area contributed by atoms with Gasteiger partial charge >= 0.3 is 6.18 Å². The van der Waals surface area contributed by atoms with Gasteiger partial charge in [-0.15, -0.1) is 0 Å². The molecule has 2 nitrogen and oxygen atoms in total. The van der Waals surface area contributed by atoms with Crippen molar-refractivity contribution in [2.75, 3.05) is 18.4 Å². The first kappa shape index (κ1) is 15.5. The minimum absolute atomic E-state index is 0.348. The Morgan fingerprint density at radius 2 is 1.75 bits per heavy atom. The van der Waals surface area contributed by atoms with Crippen molar-refractivity contribution >= 4 is 5.69 Å². The van der Waals surface area contributed by atoms with E-state index in [1.165, 1.54) is 17.7 Å². The minimum Gasteiger partial charge on any atom is -0.381 e. The van der Waals surface area contributed by atoms with Gasteiger partial charge in [-0.05, 0) is 60.8 Å². The number of benzene rings is 2. The Kier molecular flexibility index (Phi) is 3.76. The Morgan fingerprint density at radius 3 is 2.58 bits per heavy atom. The highest BCUT2D eigenvalue weighted by Gasteiger charge is 2.35. The maximum atomic E-state index is 13.1. The average Bonchev–Trinajstić information content (AvgIpc) is 2.76. The van der Waals surface area contributed by atoms with Crippen molar-refractivity contribution in [2.24, 2.45) is 0 Å². The molecule has 0 aromatic heterocycles. The van der Waals surface area contributed by atoms with Crippen molar-refractivity contribution in [2.45, 2.75) is 31.0 Å². The van der Waals surface area contributed by atoms with Gasteiger partial charge in [-0.2, -0.15) is 13.2 Å². The van der Waals surface area contributed by atoms with E-state index in [-0.39, 0.29) is 0 Å². The van der Waals surface area contributed by atoms with E-state index in [0.717, 1.165) is 43.2 Å². The van der Waals surface area contributed by atoms with Gasteiger partial charge in [0.05, 0.1) is 5.56 Å². The highest BCUT2D eigenvalue weighted by Crippen LogP contribution is 2.45. The van der Waals surface area contributed by atoms with Crippen molar-refractivity contribution in [3.05, 3.63) is 53.6 Å². The zero-order valence-corrected chi connectivity index (χ0v) is 13.2. The lowest BCUT2D eigenvalue weighted by Crippen LogP contribution is -2.21. The highest BCUT2D eigenvalue weighted by molar-refractivity contribution is 5.78. The molecule has 0 spiro atoms. The van der Waals surface area contributed by atoms with Crippen LogP contribution in [0.1, 0.15) is 29.9 Å². The van der Waals surface area contributed by atoms with Crippen molar-refractivity contribution in [3.8, 4) is 11.1 Å². The van der Waals surface area contributed by atoms with Crippen LogP contribution in [0.2, 0.25) is 0 Å². The maximum Gasteiger partial charge on any atom is 0.416 e. The van der Waals surface area contributed by atoms with Crippen LogP contribution in [-0.4, -0.2) is 19.1 Å². The lowest BCUT2D eigenvalue weighted by atomic mass is 9.85. The number of alkyl halides is 3. The molecule has 0 bridgehead atoms. The summed E-state index contributed by atoms with van der Waals surface area (Å²) in [6.45, 7) is 1.92. The molecule has 126 valence electrons. The maximum absolute atomic E-state index is 13.1. The molecule has 0 radical (unpaired) electrons. The van der Waals surface area contributed by atoms with Gasteiger partial charge in [0.1, 0.15) is 0 Å². The van der Waals surface area contributed by atoms with Gasteiger partial charge in [0.25, 0.3) is 0 Å². The summed E-state index contributed by atoms with van der Waals surface area (Å²) < 4.78 is 39.2. The molecule has 2 N–H and O–H groups in total. The van der Waals surface area contributed by atoms with E-state index in [1.54, 1.807) is 6.07 Å². The Balaban J connectivity index is 1.80. The number of fused-ring (bicyclic) bond motifs is 3. The monoisotopic (exact) mass is 332 g/mol. The molecule has 0 aliphatic carbocycles. The van der Waals surface area contributed by atoms with E-state index in [2.05, 4.69) is 10.6 Å². The first-order valence-corrected chi connectivity index (χ1v) is 8.32. The molecule has 2 aliphatic heterocycles. The van der Waals surface area contributed by atoms with E-state index < -0.39 is 11.7 Å². The van der Waals surface area contributed by atoms with Crippen LogP contribution in [0.4, 0.5) is 18.9 Å². The number of anilines is 1. The minimum atomic E-state index is -4.32. The van der Waals surface area contributed by atoms with Gasteiger partial charge in [-0.3, -0.25) is 0 Å². The van der Waals surface area contributed by atoms with Crippen molar-refractivity contribution < 1.29 is 13.2 Å². The molecule has 5 heteroatoms. The predicted octanol–water partition coefficient (Wildman–Crippen LogP) is 4.63. The summed E-state index contributed by atoms with van der Waals surface area (Å²) in [5.41, 5.74) is 3.21. The Morgan fingerprint density at radius 1 is 0.958 bits per heavy atom. The second-order valence-electron chi connectivity index (χ2n) is 6.53. The Labute approximate surface area is 139 Å². The zero-order chi connectivity index (χ0) is 16.7. The van der Waals surface area contributed by atoms with Crippen LogP contribution in [0.15, 0.2) is 42.5 Å². The number of halogens is 3. The van der Waals surface area contributed by atoms with Gasteiger partial charge in [-0.25, -0.2) is 0 Å². The van der Waals surface area contributed by atoms with Gasteiger partial charge < -0.3 is 10.6 Å². The normalized spacial score (nSPS) is 23.1. The van der Waals surface area contributed by atoms with Crippen LogP contribution < -0.4 is 10.6 Å². The number of rotatable bonds is 1. The molecule has 2 aromatic rings. The van der Waals surface area contributed by atoms with E-state index >= 15 is 0 Å². The quantitative estimate of drug-likeness (QED) is 0.795. The third-order valence-electron chi connectivity index (χ3n) is 5.07. The number of nitrogens with one attached hydrogen (secondary N) is 2. The number of hydrogen-bond donors (Lipinski definition) is 2. The molecule has 2 aromatic carbocycles. The van der Waals surface area contributed by atoms with Gasteiger partial charge in [0, 0.05) is 17.6 Å². The number of hydrogen-bond acceptors (Lipinski definition) is 2. The van der Waals surface area contributed by atoms with E-state index in [9.17, 15) is 13.2 Å². The summed E-state index contributed by atoms with van der Waals surface area (Å²) in [7, 11) is 0. The molecule has 0 saturated carbocycles. The topological polar surface area (TPSA) is 24.1 Å². The van der Waals surface area contributed by atoms with Crippen LogP contribution >= 0.6 is 0 Å². The summed E-state index contributed by atoms with van der Waals surface area (Å²) >= 11 is 0. The Hall–Kier alpha value is -2.01. The molecule has 24 heavy (non-hydrogen) atoms. The summed E-state index contributed by atoms with van der Waals surface area (Å²) in [6.07, 6.45) is -2.29. The van der Waals surface area contributed by atoms with Crippen molar-refractivity contribution in [1.82, 2.24) is 5.32 Å².